The Balaban J connectivity index is 1.83. The third-order valence-corrected chi connectivity index (χ3v) is 5.14. The van der Waals surface area contributed by atoms with Gasteiger partial charge in [-0.15, -0.1) is 4.28 Å². The summed E-state index contributed by atoms with van der Waals surface area (Å²) >= 11 is 0. The van der Waals surface area contributed by atoms with Crippen LogP contribution in [-0.4, -0.2) is 39.0 Å². The number of aromatic nitrogens is 5. The Bertz CT molecular complexity index is 1380. The van der Waals surface area contributed by atoms with E-state index in [-0.39, 0.29) is 17.7 Å². The highest BCUT2D eigenvalue weighted by Gasteiger charge is 2.19. The molecule has 0 fully saturated rings. The van der Waals surface area contributed by atoms with Gasteiger partial charge in [-0.05, 0) is 42.3 Å². The lowest BCUT2D eigenvalue weighted by Crippen LogP contribution is -2.15. The number of fused-ring (bicyclic) bond motifs is 1. The van der Waals surface area contributed by atoms with Crippen molar-refractivity contribution < 1.29 is 17.1 Å². The number of rotatable bonds is 7. The maximum atomic E-state index is 13.4. The molecule has 9 nitrogen and oxygen atoms in total. The van der Waals surface area contributed by atoms with Gasteiger partial charge in [-0.1, -0.05) is 13.8 Å². The largest absolute Gasteiger partial charge is 0.293 e. The Morgan fingerprint density at radius 3 is 2.50 bits per heavy atom. The third-order valence-electron chi connectivity index (χ3n) is 4.76. The molecule has 1 N–H and O–H groups in total. The number of nitrogens with zero attached hydrogens (tertiary/aromatic N) is 5. The molecule has 3 heterocycles. The molecule has 0 aliphatic heterocycles. The first-order valence-electron chi connectivity index (χ1n) is 9.92. The fourth-order valence-electron chi connectivity index (χ4n) is 3.46. The van der Waals surface area contributed by atoms with E-state index in [1.54, 1.807) is 27.6 Å². The van der Waals surface area contributed by atoms with Crippen LogP contribution in [0.1, 0.15) is 13.8 Å². The zero-order valence-electron chi connectivity index (χ0n) is 18.1. The summed E-state index contributed by atoms with van der Waals surface area (Å²) in [4.78, 5) is 9.25. The van der Waals surface area contributed by atoms with Gasteiger partial charge in [0.25, 0.3) is 10.1 Å². The lowest BCUT2D eigenvalue weighted by atomic mass is 10.1. The highest BCUT2D eigenvalue weighted by Crippen LogP contribution is 2.32. The molecule has 0 saturated carbocycles. The second-order valence-corrected chi connectivity index (χ2v) is 9.48. The van der Waals surface area contributed by atoms with Crippen molar-refractivity contribution in [3.05, 3.63) is 48.4 Å². The molecule has 0 aliphatic carbocycles. The molecular weight excluding hydrogens is 435 g/mol. The summed E-state index contributed by atoms with van der Waals surface area (Å²) in [6.07, 6.45) is 2.66. The minimum Gasteiger partial charge on any atom is -0.293 e. The quantitative estimate of drug-likeness (QED) is 0.422. The van der Waals surface area contributed by atoms with Gasteiger partial charge in [0.2, 0.25) is 5.95 Å². The fourth-order valence-corrected chi connectivity index (χ4v) is 3.68. The molecule has 32 heavy (non-hydrogen) atoms. The predicted molar refractivity (Wildman–Crippen MR) is 120 cm³/mol. The van der Waals surface area contributed by atoms with Gasteiger partial charge in [0, 0.05) is 24.7 Å². The summed E-state index contributed by atoms with van der Waals surface area (Å²) in [6.45, 7) is 4.61. The number of aryl methyl sites for hydroxylation is 1. The predicted octanol–water partition coefficient (Wildman–Crippen LogP) is 3.60. The average Bonchev–Trinajstić information content (AvgIpc) is 3.26. The van der Waals surface area contributed by atoms with E-state index in [4.69, 9.17) is 9.27 Å². The van der Waals surface area contributed by atoms with Crippen molar-refractivity contribution in [1.82, 2.24) is 24.3 Å². The van der Waals surface area contributed by atoms with E-state index in [1.165, 1.54) is 12.1 Å². The van der Waals surface area contributed by atoms with E-state index < -0.39 is 10.1 Å². The third kappa shape index (κ3) is 4.48. The molecule has 3 aromatic heterocycles. The van der Waals surface area contributed by atoms with Crippen molar-refractivity contribution in [3.63, 3.8) is 0 Å². The number of hydrogen-bond donors (Lipinski definition) is 1. The Kier molecular flexibility index (Phi) is 5.70. The molecule has 0 amide bonds. The molecule has 0 radical (unpaired) electrons. The molecule has 1 aromatic carbocycles. The summed E-state index contributed by atoms with van der Waals surface area (Å²) in [5.41, 5.74) is 6.62. The number of hydrogen-bond acceptors (Lipinski definition) is 7. The van der Waals surface area contributed by atoms with E-state index in [0.717, 1.165) is 23.1 Å². The molecular formula is C21H23FN6O3S. The van der Waals surface area contributed by atoms with Gasteiger partial charge in [0.1, 0.15) is 11.3 Å². The van der Waals surface area contributed by atoms with Crippen LogP contribution in [0.25, 0.3) is 33.7 Å². The highest BCUT2D eigenvalue weighted by molar-refractivity contribution is 7.86. The van der Waals surface area contributed by atoms with Crippen LogP contribution >= 0.6 is 0 Å². The molecule has 4 aromatic rings. The lowest BCUT2D eigenvalue weighted by molar-refractivity contribution is 0.385. The number of anilines is 1. The Morgan fingerprint density at radius 1 is 1.12 bits per heavy atom. The van der Waals surface area contributed by atoms with Crippen molar-refractivity contribution in [2.24, 2.45) is 13.0 Å². The summed E-state index contributed by atoms with van der Waals surface area (Å²) in [6, 6.07) is 9.83. The highest BCUT2D eigenvalue weighted by atomic mass is 32.2. The van der Waals surface area contributed by atoms with Crippen LogP contribution in [0.4, 0.5) is 10.3 Å². The van der Waals surface area contributed by atoms with Gasteiger partial charge < -0.3 is 0 Å². The smallest absolute Gasteiger partial charge is 0.285 e. The summed E-state index contributed by atoms with van der Waals surface area (Å²) in [5, 5.41) is 4.37. The topological polar surface area (TPSA) is 104 Å². The van der Waals surface area contributed by atoms with Gasteiger partial charge in [-0.2, -0.15) is 13.5 Å². The molecule has 0 bridgehead atoms. The van der Waals surface area contributed by atoms with Crippen LogP contribution < -0.4 is 5.48 Å². The minimum atomic E-state index is -3.72. The zero-order valence-corrected chi connectivity index (χ0v) is 18.9. The summed E-state index contributed by atoms with van der Waals surface area (Å²) in [7, 11) is -1.90. The molecule has 4 rings (SSSR count). The van der Waals surface area contributed by atoms with Crippen LogP contribution in [0.5, 0.6) is 0 Å². The van der Waals surface area contributed by atoms with Gasteiger partial charge in [-0.3, -0.25) is 9.25 Å². The first kappa shape index (κ1) is 21.9. The van der Waals surface area contributed by atoms with Crippen molar-refractivity contribution in [1.29, 1.82) is 0 Å². The first-order chi connectivity index (χ1) is 15.1. The van der Waals surface area contributed by atoms with E-state index in [9.17, 15) is 12.8 Å². The molecule has 0 spiro atoms. The van der Waals surface area contributed by atoms with Gasteiger partial charge >= 0.3 is 0 Å². The van der Waals surface area contributed by atoms with E-state index >= 15 is 0 Å². The van der Waals surface area contributed by atoms with Crippen LogP contribution in [0, 0.1) is 11.7 Å². The number of nitrogens with one attached hydrogen (secondary N) is 1. The van der Waals surface area contributed by atoms with E-state index in [0.29, 0.717) is 23.4 Å². The molecule has 0 atom stereocenters. The lowest BCUT2D eigenvalue weighted by Gasteiger charge is -2.12. The number of imidazole rings is 1. The van der Waals surface area contributed by atoms with Gasteiger partial charge in [-0.25, -0.2) is 19.8 Å². The maximum absolute atomic E-state index is 13.4. The second kappa shape index (κ2) is 8.32. The van der Waals surface area contributed by atoms with Crippen LogP contribution in [0.3, 0.4) is 0 Å². The Morgan fingerprint density at radius 2 is 1.84 bits per heavy atom. The Labute approximate surface area is 184 Å². The SMILES string of the molecule is CC(C)Cn1c(NOS(C)(=O)=O)nc2ccc(-c3cnn(C)c3-c3ccc(F)cc3)nc21. The molecule has 0 aliphatic rings. The van der Waals surface area contributed by atoms with E-state index in [1.807, 2.05) is 33.0 Å². The van der Waals surface area contributed by atoms with Crippen LogP contribution in [0.2, 0.25) is 0 Å². The maximum Gasteiger partial charge on any atom is 0.285 e. The summed E-state index contributed by atoms with van der Waals surface area (Å²) in [5.74, 6) is 0.171. The van der Waals surface area contributed by atoms with Gasteiger partial charge in [0.15, 0.2) is 5.65 Å². The number of pyridine rings is 1. The van der Waals surface area contributed by atoms with Crippen LogP contribution in [-0.2, 0) is 28.0 Å². The first-order valence-corrected chi connectivity index (χ1v) is 11.7. The van der Waals surface area contributed by atoms with Crippen molar-refractivity contribution in [3.8, 4) is 22.5 Å². The minimum absolute atomic E-state index is 0.241. The molecule has 0 saturated heterocycles. The standard InChI is InChI=1S/C21H23FN6O3S/c1-13(2)12-28-20-18(25-21(28)26-31-32(4,29)30)10-9-17(24-20)16-11-23-27(3)19(16)14-5-7-15(22)8-6-14/h5-11,13H,12H2,1-4H3,(H,25,26). The molecule has 0 unspecified atom stereocenters. The van der Waals surface area contributed by atoms with Crippen LogP contribution in [0.15, 0.2) is 42.6 Å². The molecule has 11 heteroatoms. The van der Waals surface area contributed by atoms with Gasteiger partial charge in [0.05, 0.1) is 23.8 Å². The second-order valence-electron chi connectivity index (χ2n) is 7.91. The number of halogens is 1. The molecule has 168 valence electrons. The average molecular weight is 459 g/mol. The van der Waals surface area contributed by atoms with E-state index in [2.05, 4.69) is 15.6 Å². The van der Waals surface area contributed by atoms with Crippen molar-refractivity contribution in [2.75, 3.05) is 11.7 Å². The normalized spacial score (nSPS) is 12.1. The van der Waals surface area contributed by atoms with Crippen molar-refractivity contribution in [2.45, 2.75) is 20.4 Å². The fraction of sp³-hybridized carbons (Fsp3) is 0.286. The monoisotopic (exact) mass is 458 g/mol. The number of benzene rings is 1. The van der Waals surface area contributed by atoms with Crippen molar-refractivity contribution >= 4 is 27.2 Å². The zero-order chi connectivity index (χ0) is 23.0. The Hall–Kier alpha value is -3.31. The summed E-state index contributed by atoms with van der Waals surface area (Å²) < 4.78 is 44.5.